The Balaban J connectivity index is 2.16. The molecular formula is C11H6Cl2N2O2S. The van der Waals surface area contributed by atoms with Crippen molar-refractivity contribution >= 4 is 50.8 Å². The minimum atomic E-state index is -0.663. The average Bonchev–Trinajstić information content (AvgIpc) is 2.78. The zero-order chi connectivity index (χ0) is 13.1. The van der Waals surface area contributed by atoms with Gasteiger partial charge in [-0.1, -0.05) is 23.7 Å². The molecule has 0 aliphatic carbocycles. The van der Waals surface area contributed by atoms with E-state index < -0.39 is 5.24 Å². The van der Waals surface area contributed by atoms with E-state index in [1.165, 1.54) is 5.38 Å². The van der Waals surface area contributed by atoms with Crippen LogP contribution in [0.2, 0.25) is 5.02 Å². The van der Waals surface area contributed by atoms with Crippen molar-refractivity contribution < 1.29 is 9.59 Å². The van der Waals surface area contributed by atoms with Crippen LogP contribution >= 0.6 is 34.5 Å². The molecule has 1 amide bonds. The van der Waals surface area contributed by atoms with Gasteiger partial charge in [0, 0.05) is 5.38 Å². The highest BCUT2D eigenvalue weighted by molar-refractivity contribution is 7.14. The molecule has 0 unspecified atom stereocenters. The van der Waals surface area contributed by atoms with Gasteiger partial charge in [0.1, 0.15) is 5.69 Å². The van der Waals surface area contributed by atoms with E-state index in [9.17, 15) is 9.59 Å². The molecule has 2 aromatic rings. The fraction of sp³-hybridized carbons (Fsp3) is 0. The Morgan fingerprint density at radius 3 is 2.61 bits per heavy atom. The summed E-state index contributed by atoms with van der Waals surface area (Å²) in [5.41, 5.74) is 0.448. The van der Waals surface area contributed by atoms with Gasteiger partial charge in [0.15, 0.2) is 5.13 Å². The van der Waals surface area contributed by atoms with Crippen LogP contribution in [0.3, 0.4) is 0 Å². The molecule has 0 atom stereocenters. The highest BCUT2D eigenvalue weighted by Gasteiger charge is 2.13. The van der Waals surface area contributed by atoms with Gasteiger partial charge in [-0.15, -0.1) is 11.3 Å². The van der Waals surface area contributed by atoms with Gasteiger partial charge in [-0.05, 0) is 23.7 Å². The summed E-state index contributed by atoms with van der Waals surface area (Å²) in [7, 11) is 0. The standard InChI is InChI=1S/C11H6Cl2N2O2S/c12-7-4-2-1-3-6(7)10(17)15-11-14-8(5-18-11)9(13)16/h1-5H,(H,14,15,17). The molecule has 0 aliphatic rings. The van der Waals surface area contributed by atoms with E-state index >= 15 is 0 Å². The first-order valence-corrected chi connectivity index (χ1v) is 6.42. The van der Waals surface area contributed by atoms with E-state index in [4.69, 9.17) is 23.2 Å². The van der Waals surface area contributed by atoms with Crippen molar-refractivity contribution in [3.63, 3.8) is 0 Å². The van der Waals surface area contributed by atoms with Gasteiger partial charge in [-0.2, -0.15) is 0 Å². The highest BCUT2D eigenvalue weighted by Crippen LogP contribution is 2.20. The van der Waals surface area contributed by atoms with Gasteiger partial charge >= 0.3 is 0 Å². The van der Waals surface area contributed by atoms with E-state index in [-0.39, 0.29) is 11.6 Å². The molecule has 1 aromatic heterocycles. The molecule has 0 fully saturated rings. The summed E-state index contributed by atoms with van der Waals surface area (Å²) in [6.45, 7) is 0. The lowest BCUT2D eigenvalue weighted by atomic mass is 10.2. The molecule has 92 valence electrons. The van der Waals surface area contributed by atoms with Crippen LogP contribution in [-0.2, 0) is 0 Å². The van der Waals surface area contributed by atoms with Crippen molar-refractivity contribution in [3.8, 4) is 0 Å². The number of amides is 1. The van der Waals surface area contributed by atoms with Crippen LogP contribution < -0.4 is 5.32 Å². The molecule has 0 aliphatic heterocycles. The summed E-state index contributed by atoms with van der Waals surface area (Å²) in [5, 5.41) is 4.00. The second-order valence-corrected chi connectivity index (χ2v) is 4.85. The van der Waals surface area contributed by atoms with Crippen molar-refractivity contribution in [2.24, 2.45) is 0 Å². The van der Waals surface area contributed by atoms with Crippen molar-refractivity contribution in [3.05, 3.63) is 45.9 Å². The molecule has 7 heteroatoms. The smallest absolute Gasteiger partial charge is 0.271 e. The molecule has 0 saturated carbocycles. The van der Waals surface area contributed by atoms with Gasteiger partial charge in [-0.25, -0.2) is 4.98 Å². The molecule has 2 rings (SSSR count). The normalized spacial score (nSPS) is 10.1. The zero-order valence-electron chi connectivity index (χ0n) is 8.81. The topological polar surface area (TPSA) is 59.1 Å². The Morgan fingerprint density at radius 2 is 2.00 bits per heavy atom. The quantitative estimate of drug-likeness (QED) is 0.884. The second kappa shape index (κ2) is 5.48. The molecular weight excluding hydrogens is 295 g/mol. The third-order valence-corrected chi connectivity index (χ3v) is 3.33. The third-order valence-electron chi connectivity index (χ3n) is 2.04. The summed E-state index contributed by atoms with van der Waals surface area (Å²) in [5.74, 6) is -0.386. The minimum absolute atomic E-state index is 0.108. The zero-order valence-corrected chi connectivity index (χ0v) is 11.1. The number of benzene rings is 1. The number of nitrogens with one attached hydrogen (secondary N) is 1. The van der Waals surface area contributed by atoms with Crippen LogP contribution in [0, 0.1) is 0 Å². The Kier molecular flexibility index (Phi) is 3.96. The van der Waals surface area contributed by atoms with Crippen LogP contribution in [0.5, 0.6) is 0 Å². The van der Waals surface area contributed by atoms with Crippen molar-refractivity contribution in [1.82, 2.24) is 4.98 Å². The maximum atomic E-state index is 11.9. The molecule has 0 saturated heterocycles. The summed E-state index contributed by atoms with van der Waals surface area (Å²) in [6.07, 6.45) is 0. The molecule has 1 aromatic carbocycles. The number of aromatic nitrogens is 1. The number of nitrogens with zero attached hydrogens (tertiary/aromatic N) is 1. The van der Waals surface area contributed by atoms with E-state index in [0.717, 1.165) is 11.3 Å². The predicted molar refractivity (Wildman–Crippen MR) is 71.7 cm³/mol. The second-order valence-electron chi connectivity index (χ2n) is 3.25. The van der Waals surface area contributed by atoms with Crippen LogP contribution in [0.15, 0.2) is 29.6 Å². The van der Waals surface area contributed by atoms with Gasteiger partial charge in [-0.3, -0.25) is 14.9 Å². The van der Waals surface area contributed by atoms with Gasteiger partial charge in [0.05, 0.1) is 10.6 Å². The number of carbonyl (C=O) groups is 2. The fourth-order valence-corrected chi connectivity index (χ4v) is 2.30. The van der Waals surface area contributed by atoms with E-state index in [0.29, 0.717) is 15.7 Å². The van der Waals surface area contributed by atoms with E-state index in [1.54, 1.807) is 24.3 Å². The summed E-state index contributed by atoms with van der Waals surface area (Å²) in [6, 6.07) is 6.65. The Labute approximate surface area is 117 Å². The predicted octanol–water partition coefficient (Wildman–Crippen LogP) is 3.43. The monoisotopic (exact) mass is 300 g/mol. The van der Waals surface area contributed by atoms with Crippen molar-refractivity contribution in [2.75, 3.05) is 5.32 Å². The third kappa shape index (κ3) is 2.87. The number of hydrogen-bond acceptors (Lipinski definition) is 4. The molecule has 1 N–H and O–H groups in total. The van der Waals surface area contributed by atoms with Gasteiger partial charge in [0.25, 0.3) is 11.1 Å². The van der Waals surface area contributed by atoms with Crippen molar-refractivity contribution in [2.45, 2.75) is 0 Å². The van der Waals surface area contributed by atoms with Crippen LogP contribution in [0.25, 0.3) is 0 Å². The Hall–Kier alpha value is -1.43. The first-order valence-electron chi connectivity index (χ1n) is 4.79. The largest absolute Gasteiger partial charge is 0.298 e. The number of carbonyl (C=O) groups excluding carboxylic acids is 2. The molecule has 18 heavy (non-hydrogen) atoms. The first kappa shape index (κ1) is 13.0. The van der Waals surface area contributed by atoms with E-state index in [1.807, 2.05) is 0 Å². The van der Waals surface area contributed by atoms with Crippen LogP contribution in [0.1, 0.15) is 20.8 Å². The van der Waals surface area contributed by atoms with Crippen LogP contribution in [-0.4, -0.2) is 16.1 Å². The highest BCUT2D eigenvalue weighted by atomic mass is 35.5. The summed E-state index contributed by atoms with van der Waals surface area (Å²) >= 11 is 12.3. The molecule has 0 radical (unpaired) electrons. The Morgan fingerprint density at radius 1 is 1.28 bits per heavy atom. The SMILES string of the molecule is O=C(Cl)c1csc(NC(=O)c2ccccc2Cl)n1. The summed E-state index contributed by atoms with van der Waals surface area (Å²) in [4.78, 5) is 26.6. The first-order chi connectivity index (χ1) is 8.58. The average molecular weight is 301 g/mol. The van der Waals surface area contributed by atoms with Gasteiger partial charge < -0.3 is 0 Å². The Bertz CT molecular complexity index is 613. The lowest BCUT2D eigenvalue weighted by molar-refractivity contribution is 0.102. The van der Waals surface area contributed by atoms with Gasteiger partial charge in [0.2, 0.25) is 0 Å². The molecule has 1 heterocycles. The number of rotatable bonds is 3. The maximum Gasteiger partial charge on any atom is 0.271 e. The maximum absolute atomic E-state index is 11.9. The lowest BCUT2D eigenvalue weighted by Gasteiger charge is -2.02. The lowest BCUT2D eigenvalue weighted by Crippen LogP contribution is -2.12. The number of anilines is 1. The van der Waals surface area contributed by atoms with Crippen LogP contribution in [0.4, 0.5) is 5.13 Å². The number of hydrogen-bond donors (Lipinski definition) is 1. The number of thiazole rings is 1. The summed E-state index contributed by atoms with van der Waals surface area (Å²) < 4.78 is 0. The number of halogens is 2. The minimum Gasteiger partial charge on any atom is -0.298 e. The van der Waals surface area contributed by atoms with E-state index in [2.05, 4.69) is 10.3 Å². The van der Waals surface area contributed by atoms with Crippen molar-refractivity contribution in [1.29, 1.82) is 0 Å². The molecule has 0 bridgehead atoms. The fourth-order valence-electron chi connectivity index (χ4n) is 1.23. The molecule has 0 spiro atoms. The molecule has 4 nitrogen and oxygen atoms in total.